The zero-order valence-electron chi connectivity index (χ0n) is 12.5. The van der Waals surface area contributed by atoms with Crippen LogP contribution in [0.25, 0.3) is 0 Å². The van der Waals surface area contributed by atoms with Gasteiger partial charge in [-0.05, 0) is 19.3 Å². The summed E-state index contributed by atoms with van der Waals surface area (Å²) in [5.41, 5.74) is -0.332. The lowest BCUT2D eigenvalue weighted by Crippen LogP contribution is -2.01. The Hall–Kier alpha value is -1.51. The SMILES string of the molecule is C=CCCCCCCCCCc1cc(OC)cc(=O)o1. The van der Waals surface area contributed by atoms with Crippen molar-refractivity contribution < 1.29 is 9.15 Å². The molecule has 0 fully saturated rings. The van der Waals surface area contributed by atoms with Gasteiger partial charge < -0.3 is 9.15 Å². The topological polar surface area (TPSA) is 39.4 Å². The third-order valence-corrected chi connectivity index (χ3v) is 3.36. The van der Waals surface area contributed by atoms with Crippen LogP contribution in [-0.2, 0) is 6.42 Å². The van der Waals surface area contributed by atoms with Gasteiger partial charge in [-0.3, -0.25) is 0 Å². The molecule has 0 spiro atoms. The summed E-state index contributed by atoms with van der Waals surface area (Å²) >= 11 is 0. The molecule has 0 aliphatic carbocycles. The maximum Gasteiger partial charge on any atom is 0.339 e. The molecule has 1 aromatic heterocycles. The quantitative estimate of drug-likeness (QED) is 0.442. The van der Waals surface area contributed by atoms with E-state index in [0.29, 0.717) is 5.75 Å². The molecule has 3 heteroatoms. The molecule has 0 aromatic carbocycles. The maximum absolute atomic E-state index is 11.3. The Labute approximate surface area is 121 Å². The number of unbranched alkanes of at least 4 members (excludes halogenated alkanes) is 7. The lowest BCUT2D eigenvalue weighted by Gasteiger charge is -2.03. The Morgan fingerprint density at radius 3 is 2.40 bits per heavy atom. The lowest BCUT2D eigenvalue weighted by molar-refractivity contribution is 0.390. The highest BCUT2D eigenvalue weighted by molar-refractivity contribution is 5.20. The summed E-state index contributed by atoms with van der Waals surface area (Å²) in [4.78, 5) is 11.3. The summed E-state index contributed by atoms with van der Waals surface area (Å²) < 4.78 is 10.2. The minimum atomic E-state index is -0.332. The molecular weight excluding hydrogens is 252 g/mol. The molecule has 112 valence electrons. The Bertz CT molecular complexity index is 434. The van der Waals surface area contributed by atoms with Crippen LogP contribution in [0.5, 0.6) is 5.75 Å². The van der Waals surface area contributed by atoms with E-state index in [2.05, 4.69) is 6.58 Å². The first-order chi connectivity index (χ1) is 9.76. The molecule has 0 aliphatic rings. The molecule has 0 unspecified atom stereocenters. The van der Waals surface area contributed by atoms with Gasteiger partial charge in [-0.2, -0.15) is 0 Å². The fraction of sp³-hybridized carbons (Fsp3) is 0.588. The molecule has 0 aliphatic heterocycles. The van der Waals surface area contributed by atoms with Gasteiger partial charge >= 0.3 is 5.63 Å². The fourth-order valence-corrected chi connectivity index (χ4v) is 2.22. The second-order valence-corrected chi connectivity index (χ2v) is 5.08. The van der Waals surface area contributed by atoms with E-state index in [9.17, 15) is 4.79 Å². The average molecular weight is 278 g/mol. The first kappa shape index (κ1) is 16.5. The molecule has 20 heavy (non-hydrogen) atoms. The third-order valence-electron chi connectivity index (χ3n) is 3.36. The van der Waals surface area contributed by atoms with Gasteiger partial charge in [0, 0.05) is 12.5 Å². The molecule has 1 heterocycles. The van der Waals surface area contributed by atoms with Gasteiger partial charge in [-0.1, -0.05) is 38.2 Å². The van der Waals surface area contributed by atoms with E-state index in [-0.39, 0.29) is 5.63 Å². The summed E-state index contributed by atoms with van der Waals surface area (Å²) in [6, 6.07) is 3.17. The van der Waals surface area contributed by atoms with Crippen LogP contribution in [0.1, 0.15) is 57.1 Å². The first-order valence-corrected chi connectivity index (χ1v) is 7.55. The van der Waals surface area contributed by atoms with Crippen molar-refractivity contribution in [2.45, 2.75) is 57.8 Å². The highest BCUT2D eigenvalue weighted by Gasteiger charge is 2.02. The van der Waals surface area contributed by atoms with Crippen molar-refractivity contribution in [3.05, 3.63) is 41.0 Å². The van der Waals surface area contributed by atoms with Crippen molar-refractivity contribution in [3.8, 4) is 5.75 Å². The van der Waals surface area contributed by atoms with Crippen molar-refractivity contribution in [1.82, 2.24) is 0 Å². The molecule has 1 rings (SSSR count). The number of aryl methyl sites for hydroxylation is 1. The van der Waals surface area contributed by atoms with Crippen LogP contribution in [-0.4, -0.2) is 7.11 Å². The van der Waals surface area contributed by atoms with Crippen molar-refractivity contribution in [3.63, 3.8) is 0 Å². The largest absolute Gasteiger partial charge is 0.496 e. The van der Waals surface area contributed by atoms with Gasteiger partial charge in [0.2, 0.25) is 0 Å². The van der Waals surface area contributed by atoms with Crippen LogP contribution >= 0.6 is 0 Å². The molecule has 0 radical (unpaired) electrons. The number of ether oxygens (including phenoxy) is 1. The zero-order chi connectivity index (χ0) is 14.6. The van der Waals surface area contributed by atoms with Crippen LogP contribution in [0, 0.1) is 0 Å². The summed E-state index contributed by atoms with van der Waals surface area (Å²) in [5.74, 6) is 1.30. The standard InChI is InChI=1S/C17H26O3/c1-3-4-5-6-7-8-9-10-11-12-15-13-16(19-2)14-17(18)20-15/h3,13-14H,1,4-12H2,2H3. The van der Waals surface area contributed by atoms with Gasteiger partial charge in [0.1, 0.15) is 11.5 Å². The predicted molar refractivity (Wildman–Crippen MR) is 82.4 cm³/mol. The number of allylic oxidation sites excluding steroid dienone is 1. The Morgan fingerprint density at radius 1 is 1.10 bits per heavy atom. The monoisotopic (exact) mass is 278 g/mol. The van der Waals surface area contributed by atoms with Crippen LogP contribution in [0.2, 0.25) is 0 Å². The second-order valence-electron chi connectivity index (χ2n) is 5.08. The van der Waals surface area contributed by atoms with Gasteiger partial charge in [-0.25, -0.2) is 4.79 Å². The molecule has 0 saturated heterocycles. The highest BCUT2D eigenvalue weighted by Crippen LogP contribution is 2.14. The molecular formula is C17H26O3. The van der Waals surface area contributed by atoms with Gasteiger partial charge in [0.25, 0.3) is 0 Å². The summed E-state index contributed by atoms with van der Waals surface area (Å²) in [5, 5.41) is 0. The number of rotatable bonds is 11. The van der Waals surface area contributed by atoms with E-state index in [1.54, 1.807) is 13.2 Å². The van der Waals surface area contributed by atoms with E-state index in [0.717, 1.165) is 25.0 Å². The van der Waals surface area contributed by atoms with E-state index in [1.165, 1.54) is 44.6 Å². The van der Waals surface area contributed by atoms with Gasteiger partial charge in [0.05, 0.1) is 13.2 Å². The summed E-state index contributed by atoms with van der Waals surface area (Å²) in [6.45, 7) is 3.73. The van der Waals surface area contributed by atoms with Crippen LogP contribution < -0.4 is 10.4 Å². The Morgan fingerprint density at radius 2 is 1.75 bits per heavy atom. The molecule has 0 N–H and O–H groups in total. The molecule has 1 aromatic rings. The highest BCUT2D eigenvalue weighted by atomic mass is 16.5. The average Bonchev–Trinajstić information content (AvgIpc) is 2.45. The first-order valence-electron chi connectivity index (χ1n) is 7.55. The van der Waals surface area contributed by atoms with Crippen LogP contribution in [0.3, 0.4) is 0 Å². The van der Waals surface area contributed by atoms with Gasteiger partial charge in [0.15, 0.2) is 0 Å². The van der Waals surface area contributed by atoms with Crippen LogP contribution in [0.15, 0.2) is 34.0 Å². The van der Waals surface area contributed by atoms with Gasteiger partial charge in [-0.15, -0.1) is 6.58 Å². The molecule has 3 nitrogen and oxygen atoms in total. The van der Waals surface area contributed by atoms with Crippen molar-refractivity contribution in [2.75, 3.05) is 7.11 Å². The maximum atomic E-state index is 11.3. The Balaban J connectivity index is 2.10. The third kappa shape index (κ3) is 7.17. The minimum Gasteiger partial charge on any atom is -0.496 e. The lowest BCUT2D eigenvalue weighted by atomic mass is 10.1. The fourth-order valence-electron chi connectivity index (χ4n) is 2.22. The molecule has 0 saturated carbocycles. The van der Waals surface area contributed by atoms with Crippen LogP contribution in [0.4, 0.5) is 0 Å². The van der Waals surface area contributed by atoms with Crippen molar-refractivity contribution >= 4 is 0 Å². The zero-order valence-corrected chi connectivity index (χ0v) is 12.5. The summed E-state index contributed by atoms with van der Waals surface area (Å²) in [7, 11) is 1.56. The van der Waals surface area contributed by atoms with E-state index < -0.39 is 0 Å². The van der Waals surface area contributed by atoms with Crippen molar-refractivity contribution in [2.24, 2.45) is 0 Å². The summed E-state index contributed by atoms with van der Waals surface area (Å²) in [6.07, 6.45) is 12.6. The number of hydrogen-bond acceptors (Lipinski definition) is 3. The number of methoxy groups -OCH3 is 1. The minimum absolute atomic E-state index is 0.332. The molecule has 0 bridgehead atoms. The molecule has 0 amide bonds. The Kier molecular flexibility index (Phi) is 8.52. The van der Waals surface area contributed by atoms with E-state index in [1.807, 2.05) is 6.08 Å². The van der Waals surface area contributed by atoms with E-state index in [4.69, 9.17) is 9.15 Å². The van der Waals surface area contributed by atoms with E-state index >= 15 is 0 Å². The van der Waals surface area contributed by atoms with Crippen molar-refractivity contribution in [1.29, 1.82) is 0 Å². The normalized spacial score (nSPS) is 10.4. The smallest absolute Gasteiger partial charge is 0.339 e. The number of hydrogen-bond donors (Lipinski definition) is 0. The predicted octanol–water partition coefficient (Wildman–Crippen LogP) is 4.50. The second kappa shape index (κ2) is 10.3. The molecule has 0 atom stereocenters.